The Morgan fingerprint density at radius 1 is 0.977 bits per heavy atom. The van der Waals surface area contributed by atoms with Crippen LogP contribution in [0.15, 0.2) is 41.5 Å². The molecule has 4 rings (SSSR count). The molecule has 10 unspecified atom stereocenters. The summed E-state index contributed by atoms with van der Waals surface area (Å²) in [5.74, 6) is -4.16. The van der Waals surface area contributed by atoms with Gasteiger partial charge < -0.3 is 44.8 Å². The quantitative estimate of drug-likeness (QED) is 0.148. The first kappa shape index (κ1) is 33.0. The van der Waals surface area contributed by atoms with E-state index in [2.05, 4.69) is 0 Å². The van der Waals surface area contributed by atoms with Crippen LogP contribution in [0.5, 0.6) is 0 Å². The van der Waals surface area contributed by atoms with Gasteiger partial charge in [-0.2, -0.15) is 0 Å². The number of fused-ring (bicyclic) bond motifs is 2. The van der Waals surface area contributed by atoms with Crippen LogP contribution in [0.25, 0.3) is 0 Å². The summed E-state index contributed by atoms with van der Waals surface area (Å²) in [6.45, 7) is 7.02. The Balaban J connectivity index is 2.03. The fourth-order valence-electron chi connectivity index (χ4n) is 7.80. The summed E-state index contributed by atoms with van der Waals surface area (Å²) >= 11 is 0. The van der Waals surface area contributed by atoms with Crippen LogP contribution in [-0.4, -0.2) is 103 Å². The lowest BCUT2D eigenvalue weighted by molar-refractivity contribution is -0.289. The molecule has 0 spiro atoms. The number of benzene rings is 1. The van der Waals surface area contributed by atoms with Gasteiger partial charge in [0, 0.05) is 31.6 Å². The molecule has 1 aromatic rings. The molecule has 0 heterocycles. The predicted molar refractivity (Wildman–Crippen MR) is 149 cm³/mol. The van der Waals surface area contributed by atoms with Crippen LogP contribution < -0.4 is 0 Å². The van der Waals surface area contributed by atoms with Gasteiger partial charge in [-0.3, -0.25) is 9.59 Å². The van der Waals surface area contributed by atoms with Crippen molar-refractivity contribution in [3.63, 3.8) is 0 Å². The largest absolute Gasteiger partial charge is 0.463 e. The van der Waals surface area contributed by atoms with Crippen LogP contribution in [-0.2, 0) is 23.8 Å². The van der Waals surface area contributed by atoms with Crippen molar-refractivity contribution < 1.29 is 59.2 Å². The van der Waals surface area contributed by atoms with Crippen molar-refractivity contribution in [3.8, 4) is 0 Å². The van der Waals surface area contributed by atoms with Crippen molar-refractivity contribution in [1.29, 1.82) is 0 Å². The molecule has 0 radical (unpaired) electrons. The fraction of sp³-hybridized carbons (Fsp3) is 0.645. The van der Waals surface area contributed by atoms with E-state index in [9.17, 15) is 45.0 Å². The second-order valence-electron chi connectivity index (χ2n) is 12.9. The Morgan fingerprint density at radius 3 is 2.12 bits per heavy atom. The molecule has 0 aromatic heterocycles. The zero-order valence-corrected chi connectivity index (χ0v) is 25.2. The van der Waals surface area contributed by atoms with Crippen LogP contribution in [0.4, 0.5) is 0 Å². The van der Waals surface area contributed by atoms with Crippen molar-refractivity contribution in [1.82, 2.24) is 0 Å². The normalized spacial score (nSPS) is 39.3. The summed E-state index contributed by atoms with van der Waals surface area (Å²) in [5, 5.41) is 71.7. The highest BCUT2D eigenvalue weighted by atomic mass is 16.6. The highest BCUT2D eigenvalue weighted by molar-refractivity contribution is 5.89. The number of carbonyl (C=O) groups is 3. The highest BCUT2D eigenvalue weighted by Gasteiger charge is 2.75. The van der Waals surface area contributed by atoms with Crippen LogP contribution in [0, 0.1) is 16.7 Å². The molecule has 238 valence electrons. The van der Waals surface area contributed by atoms with E-state index >= 15 is 0 Å². The summed E-state index contributed by atoms with van der Waals surface area (Å²) in [7, 11) is 0. The lowest BCUT2D eigenvalue weighted by Gasteiger charge is -2.59. The molecule has 3 aliphatic carbocycles. The monoisotopic (exact) mass is 606 g/mol. The van der Waals surface area contributed by atoms with Gasteiger partial charge in [-0.1, -0.05) is 25.1 Å². The summed E-state index contributed by atoms with van der Waals surface area (Å²) < 4.78 is 16.6. The third-order valence-corrected chi connectivity index (χ3v) is 10.0. The van der Waals surface area contributed by atoms with E-state index in [1.807, 2.05) is 0 Å². The Labute approximate surface area is 249 Å². The smallest absolute Gasteiger partial charge is 0.338 e. The standard InChI is InChI=1S/C31H42O12/c1-15-19(34)13-30(28(4,5)39)22(15)23(43-27(38)18-10-8-7-9-11-18)25(36)29(6)20(35)12-21(42-17(3)33)31(40,14-41-16(2)32)24(29)26(30)37/h7-11,19-21,23-26,34-37,39-40H,12-14H2,1-6H3. The third-order valence-electron chi connectivity index (χ3n) is 10.0. The summed E-state index contributed by atoms with van der Waals surface area (Å²) in [5.41, 5.74) is -7.73. The zero-order chi connectivity index (χ0) is 32.3. The van der Waals surface area contributed by atoms with E-state index in [0.717, 1.165) is 13.8 Å². The predicted octanol–water partition coefficient (Wildman–Crippen LogP) is 0.399. The fourth-order valence-corrected chi connectivity index (χ4v) is 7.80. The SMILES string of the molecule is CC(=O)OCC1(O)C(OC(C)=O)CC(O)C2(C)C(O)C(OC(=O)c3ccccc3)C3=C(C)C(O)CC3(C(C)(C)O)C(O)C12. The second kappa shape index (κ2) is 11.2. The maximum absolute atomic E-state index is 13.4. The van der Waals surface area contributed by atoms with Crippen LogP contribution in [0.2, 0.25) is 0 Å². The molecule has 1 aromatic carbocycles. The Hall–Kier alpha value is -2.87. The van der Waals surface area contributed by atoms with Crippen molar-refractivity contribution >= 4 is 17.9 Å². The maximum Gasteiger partial charge on any atom is 0.338 e. The van der Waals surface area contributed by atoms with E-state index in [0.29, 0.717) is 0 Å². The van der Waals surface area contributed by atoms with Crippen LogP contribution in [0.1, 0.15) is 64.7 Å². The summed E-state index contributed by atoms with van der Waals surface area (Å²) in [4.78, 5) is 37.5. The molecule has 43 heavy (non-hydrogen) atoms. The van der Waals surface area contributed by atoms with Gasteiger partial charge in [-0.25, -0.2) is 4.79 Å². The van der Waals surface area contributed by atoms with Gasteiger partial charge in [0.1, 0.15) is 24.4 Å². The van der Waals surface area contributed by atoms with E-state index < -0.39 is 95.5 Å². The lowest BCUT2D eigenvalue weighted by Crippen LogP contribution is -2.73. The second-order valence-corrected chi connectivity index (χ2v) is 12.9. The molecule has 6 N–H and O–H groups in total. The molecular formula is C31H42O12. The number of rotatable bonds is 6. The minimum absolute atomic E-state index is 0.0403. The van der Waals surface area contributed by atoms with Crippen LogP contribution >= 0.6 is 0 Å². The van der Waals surface area contributed by atoms with Crippen LogP contribution in [0.3, 0.4) is 0 Å². The number of ether oxygens (including phenoxy) is 3. The molecule has 10 atom stereocenters. The minimum atomic E-state index is -2.42. The molecule has 0 saturated heterocycles. The molecule has 2 saturated carbocycles. The molecule has 12 nitrogen and oxygen atoms in total. The van der Waals surface area contributed by atoms with E-state index in [1.54, 1.807) is 18.2 Å². The van der Waals surface area contributed by atoms with Gasteiger partial charge in [-0.05, 0) is 50.5 Å². The van der Waals surface area contributed by atoms with Crippen molar-refractivity contribution in [3.05, 3.63) is 47.0 Å². The number of carbonyl (C=O) groups excluding carboxylic acids is 3. The number of aliphatic hydroxyl groups excluding tert-OH is 4. The first-order chi connectivity index (χ1) is 19.8. The topological polar surface area (TPSA) is 200 Å². The van der Waals surface area contributed by atoms with Gasteiger partial charge >= 0.3 is 17.9 Å². The molecule has 0 aliphatic heterocycles. The van der Waals surface area contributed by atoms with Gasteiger partial charge in [0.2, 0.25) is 0 Å². The zero-order valence-electron chi connectivity index (χ0n) is 25.2. The highest BCUT2D eigenvalue weighted by Crippen LogP contribution is 2.65. The average Bonchev–Trinajstić information content (AvgIpc) is 3.17. The number of aliphatic hydroxyl groups is 6. The average molecular weight is 607 g/mol. The maximum atomic E-state index is 13.4. The molecular weight excluding hydrogens is 564 g/mol. The minimum Gasteiger partial charge on any atom is -0.463 e. The van der Waals surface area contributed by atoms with Crippen molar-refractivity contribution in [2.24, 2.45) is 16.7 Å². The van der Waals surface area contributed by atoms with Gasteiger partial charge in [0.25, 0.3) is 0 Å². The number of hydrogen-bond acceptors (Lipinski definition) is 12. The molecule has 3 aliphatic rings. The summed E-state index contributed by atoms with van der Waals surface area (Å²) in [6.07, 6.45) is -10.5. The van der Waals surface area contributed by atoms with Crippen molar-refractivity contribution in [2.75, 3.05) is 6.61 Å². The Morgan fingerprint density at radius 2 is 1.58 bits per heavy atom. The Bertz CT molecular complexity index is 1290. The van der Waals surface area contributed by atoms with E-state index in [4.69, 9.17) is 14.2 Å². The molecule has 2 fully saturated rings. The van der Waals surface area contributed by atoms with Crippen molar-refractivity contribution in [2.45, 2.75) is 102 Å². The van der Waals surface area contributed by atoms with Gasteiger partial charge in [-0.15, -0.1) is 0 Å². The Kier molecular flexibility index (Phi) is 8.64. The number of esters is 3. The van der Waals surface area contributed by atoms with E-state index in [1.165, 1.54) is 39.8 Å². The molecule has 0 bridgehead atoms. The van der Waals surface area contributed by atoms with Gasteiger partial charge in [0.05, 0.1) is 34.9 Å². The first-order valence-electron chi connectivity index (χ1n) is 14.3. The third kappa shape index (κ3) is 5.07. The molecule has 12 heteroatoms. The summed E-state index contributed by atoms with van der Waals surface area (Å²) in [6, 6.07) is 7.91. The van der Waals surface area contributed by atoms with E-state index in [-0.39, 0.29) is 23.1 Å². The first-order valence-corrected chi connectivity index (χ1v) is 14.3. The lowest BCUT2D eigenvalue weighted by atomic mass is 9.51. The van der Waals surface area contributed by atoms with Gasteiger partial charge in [0.15, 0.2) is 6.10 Å². The number of hydrogen-bond donors (Lipinski definition) is 6. The molecule has 0 amide bonds.